The highest BCUT2D eigenvalue weighted by Crippen LogP contribution is 2.49. The average molecular weight is 418 g/mol. The van der Waals surface area contributed by atoms with Gasteiger partial charge in [-0.25, -0.2) is 12.8 Å². The van der Waals surface area contributed by atoms with Crippen molar-refractivity contribution in [1.82, 2.24) is 0 Å². The molecule has 0 saturated heterocycles. The molecular formula is C18H14F4O5S. The van der Waals surface area contributed by atoms with E-state index in [1.54, 1.807) is 6.92 Å². The second-order valence-corrected chi connectivity index (χ2v) is 8.15. The second kappa shape index (κ2) is 6.78. The Morgan fingerprint density at radius 3 is 2.46 bits per heavy atom. The van der Waals surface area contributed by atoms with E-state index in [2.05, 4.69) is 0 Å². The lowest BCUT2D eigenvalue weighted by Gasteiger charge is -2.17. The summed E-state index contributed by atoms with van der Waals surface area (Å²) in [7, 11) is -5.75. The molecule has 2 aromatic rings. The van der Waals surface area contributed by atoms with E-state index in [0.29, 0.717) is 17.9 Å². The minimum atomic E-state index is -5.75. The molecule has 5 nitrogen and oxygen atoms in total. The predicted octanol–water partition coefficient (Wildman–Crippen LogP) is 4.56. The van der Waals surface area contributed by atoms with Gasteiger partial charge in [-0.1, -0.05) is 0 Å². The summed E-state index contributed by atoms with van der Waals surface area (Å²) in [6.07, 6.45) is -1.35. The summed E-state index contributed by atoms with van der Waals surface area (Å²) >= 11 is 0. The highest BCUT2D eigenvalue weighted by Gasteiger charge is 2.50. The Hall–Kier alpha value is -2.59. The third kappa shape index (κ3) is 3.33. The summed E-state index contributed by atoms with van der Waals surface area (Å²) in [5.41, 5.74) is -5.77. The van der Waals surface area contributed by atoms with Gasteiger partial charge in [0.2, 0.25) is 0 Å². The van der Waals surface area contributed by atoms with E-state index in [-0.39, 0.29) is 29.1 Å². The Labute approximate surface area is 157 Å². The number of alkyl halides is 3. The fourth-order valence-corrected chi connectivity index (χ4v) is 4.13. The number of aliphatic hydroxyl groups is 2. The van der Waals surface area contributed by atoms with Gasteiger partial charge in [0.1, 0.15) is 17.3 Å². The summed E-state index contributed by atoms with van der Waals surface area (Å²) in [6, 6.07) is 5.38. The number of hydrogen-bond donors (Lipinski definition) is 2. The van der Waals surface area contributed by atoms with Crippen molar-refractivity contribution >= 4 is 15.4 Å². The van der Waals surface area contributed by atoms with Crippen LogP contribution in [0.3, 0.4) is 0 Å². The van der Waals surface area contributed by atoms with Crippen molar-refractivity contribution in [3.8, 4) is 11.5 Å². The molecule has 0 amide bonds. The van der Waals surface area contributed by atoms with Gasteiger partial charge in [0.25, 0.3) is 9.84 Å². The van der Waals surface area contributed by atoms with Crippen LogP contribution < -0.4 is 4.74 Å². The van der Waals surface area contributed by atoms with Gasteiger partial charge in [-0.05, 0) is 36.8 Å². The highest BCUT2D eigenvalue weighted by molar-refractivity contribution is 7.92. The molecule has 0 radical (unpaired) electrons. The molecule has 2 aromatic carbocycles. The van der Waals surface area contributed by atoms with Crippen molar-refractivity contribution in [3.05, 3.63) is 59.1 Å². The molecule has 1 atom stereocenters. The van der Waals surface area contributed by atoms with Gasteiger partial charge in [0.15, 0.2) is 0 Å². The molecule has 0 spiro atoms. The van der Waals surface area contributed by atoms with Crippen molar-refractivity contribution in [1.29, 1.82) is 0 Å². The van der Waals surface area contributed by atoms with Gasteiger partial charge >= 0.3 is 5.51 Å². The lowest BCUT2D eigenvalue weighted by atomic mass is 10.1. The molecule has 1 aliphatic carbocycles. The van der Waals surface area contributed by atoms with Crippen molar-refractivity contribution in [2.75, 3.05) is 0 Å². The van der Waals surface area contributed by atoms with E-state index in [9.17, 15) is 36.2 Å². The van der Waals surface area contributed by atoms with Crippen LogP contribution >= 0.6 is 0 Å². The van der Waals surface area contributed by atoms with E-state index in [4.69, 9.17) is 4.74 Å². The largest absolute Gasteiger partial charge is 0.515 e. The lowest BCUT2D eigenvalue weighted by molar-refractivity contribution is -0.0437. The third-order valence-electron chi connectivity index (χ3n) is 4.23. The molecule has 0 heterocycles. The number of halogens is 4. The van der Waals surface area contributed by atoms with Crippen LogP contribution in [0.1, 0.15) is 29.2 Å². The number of ether oxygens (including phenoxy) is 1. The zero-order valence-electron chi connectivity index (χ0n) is 14.3. The van der Waals surface area contributed by atoms with Crippen LogP contribution in [0.25, 0.3) is 5.57 Å². The van der Waals surface area contributed by atoms with Crippen LogP contribution in [0, 0.1) is 12.7 Å². The molecule has 1 aliphatic rings. The molecule has 1 unspecified atom stereocenters. The summed E-state index contributed by atoms with van der Waals surface area (Å²) < 4.78 is 82.0. The average Bonchev–Trinajstić information content (AvgIpc) is 2.90. The monoisotopic (exact) mass is 418 g/mol. The van der Waals surface area contributed by atoms with Crippen LogP contribution in [0.2, 0.25) is 0 Å². The SMILES string of the molecule is Cc1cc(F)cc(Oc2ccc(S(=O)(=O)C(F)(F)F)c3c2/C(=C\O)CC3O)c1. The van der Waals surface area contributed by atoms with Crippen molar-refractivity contribution < 1.29 is 40.9 Å². The number of rotatable bonds is 3. The molecule has 0 aliphatic heterocycles. The minimum Gasteiger partial charge on any atom is -0.515 e. The maximum absolute atomic E-state index is 13.6. The zero-order chi connectivity index (χ0) is 20.9. The topological polar surface area (TPSA) is 83.8 Å². The quantitative estimate of drug-likeness (QED) is 0.564. The van der Waals surface area contributed by atoms with Gasteiger partial charge in [-0.2, -0.15) is 13.2 Å². The molecule has 10 heteroatoms. The first kappa shape index (κ1) is 20.2. The van der Waals surface area contributed by atoms with Crippen molar-refractivity contribution in [2.45, 2.75) is 29.9 Å². The number of benzene rings is 2. The molecular weight excluding hydrogens is 404 g/mol. The third-order valence-corrected chi connectivity index (χ3v) is 5.77. The zero-order valence-corrected chi connectivity index (χ0v) is 15.1. The van der Waals surface area contributed by atoms with Crippen LogP contribution in [-0.4, -0.2) is 24.1 Å². The Kier molecular flexibility index (Phi) is 4.88. The minimum absolute atomic E-state index is 0.00940. The number of aliphatic hydroxyl groups excluding tert-OH is 2. The molecule has 150 valence electrons. The van der Waals surface area contributed by atoms with Gasteiger partial charge in [0, 0.05) is 29.2 Å². The van der Waals surface area contributed by atoms with Gasteiger partial charge < -0.3 is 14.9 Å². The normalized spacial score (nSPS) is 18.4. The Morgan fingerprint density at radius 2 is 1.89 bits per heavy atom. The van der Waals surface area contributed by atoms with E-state index in [1.807, 2.05) is 0 Å². The maximum Gasteiger partial charge on any atom is 0.501 e. The first-order valence-corrected chi connectivity index (χ1v) is 9.39. The molecule has 0 saturated carbocycles. The standard InChI is InChI=1S/C18H14F4O5S/c1-9-4-11(19)7-12(5-9)27-14-2-3-15(28(25,26)18(20,21)22)17-13(24)6-10(8-23)16(14)17/h2-5,7-8,13,23-24H,6H2,1H3/b10-8-. The molecule has 0 fully saturated rings. The van der Waals surface area contributed by atoms with Crippen molar-refractivity contribution in [2.24, 2.45) is 0 Å². The molecule has 28 heavy (non-hydrogen) atoms. The lowest BCUT2D eigenvalue weighted by Crippen LogP contribution is -2.24. The summed E-state index contributed by atoms with van der Waals surface area (Å²) in [4.78, 5) is -1.12. The van der Waals surface area contributed by atoms with E-state index >= 15 is 0 Å². The smallest absolute Gasteiger partial charge is 0.501 e. The van der Waals surface area contributed by atoms with Crippen molar-refractivity contribution in [3.63, 3.8) is 0 Å². The number of sulfone groups is 1. The Balaban J connectivity index is 2.22. The summed E-state index contributed by atoms with van der Waals surface area (Å²) in [5.74, 6) is -0.719. The maximum atomic E-state index is 13.6. The first-order chi connectivity index (χ1) is 13.0. The van der Waals surface area contributed by atoms with E-state index in [1.165, 1.54) is 12.1 Å². The fourth-order valence-electron chi connectivity index (χ4n) is 3.10. The molecule has 2 N–H and O–H groups in total. The van der Waals surface area contributed by atoms with Crippen LogP contribution in [0.15, 0.2) is 41.5 Å². The number of hydrogen-bond acceptors (Lipinski definition) is 5. The summed E-state index contributed by atoms with van der Waals surface area (Å²) in [5, 5.41) is 19.6. The molecule has 0 bridgehead atoms. The Bertz CT molecular complexity index is 1050. The van der Waals surface area contributed by atoms with E-state index < -0.39 is 37.7 Å². The van der Waals surface area contributed by atoms with E-state index in [0.717, 1.165) is 12.1 Å². The molecule has 0 aromatic heterocycles. The summed E-state index contributed by atoms with van der Waals surface area (Å²) in [6.45, 7) is 1.60. The molecule has 3 rings (SSSR count). The van der Waals surface area contributed by atoms with Gasteiger partial charge in [-0.15, -0.1) is 0 Å². The van der Waals surface area contributed by atoms with Gasteiger partial charge in [0.05, 0.1) is 17.3 Å². The first-order valence-electron chi connectivity index (χ1n) is 7.90. The van der Waals surface area contributed by atoms with Gasteiger partial charge in [-0.3, -0.25) is 0 Å². The van der Waals surface area contributed by atoms with Crippen LogP contribution in [-0.2, 0) is 9.84 Å². The fraction of sp³-hybridized carbons (Fsp3) is 0.222. The highest BCUT2D eigenvalue weighted by atomic mass is 32.2. The number of aryl methyl sites for hydroxylation is 1. The Morgan fingerprint density at radius 1 is 1.21 bits per heavy atom. The second-order valence-electron chi connectivity index (χ2n) is 6.24. The number of fused-ring (bicyclic) bond motifs is 1. The van der Waals surface area contributed by atoms with Crippen LogP contribution in [0.4, 0.5) is 17.6 Å². The van der Waals surface area contributed by atoms with Crippen LogP contribution in [0.5, 0.6) is 11.5 Å². The predicted molar refractivity (Wildman–Crippen MR) is 91.1 cm³/mol.